The van der Waals surface area contributed by atoms with Crippen LogP contribution in [0.4, 0.5) is 0 Å². The summed E-state index contributed by atoms with van der Waals surface area (Å²) in [4.78, 5) is 0.0803. The molecule has 0 amide bonds. The van der Waals surface area contributed by atoms with Crippen molar-refractivity contribution in [1.82, 2.24) is 0 Å². The summed E-state index contributed by atoms with van der Waals surface area (Å²) in [6, 6.07) is 0. The number of rotatable bonds is 4. The SMILES string of the molecule is CCCCCC1(C)OCCC(C)(C)S1. The average molecular weight is 216 g/mol. The number of hydrogen-bond donors (Lipinski definition) is 0. The van der Waals surface area contributed by atoms with E-state index in [1.807, 2.05) is 11.8 Å². The van der Waals surface area contributed by atoms with Gasteiger partial charge >= 0.3 is 0 Å². The van der Waals surface area contributed by atoms with E-state index in [0.717, 1.165) is 6.61 Å². The summed E-state index contributed by atoms with van der Waals surface area (Å²) in [6.07, 6.45) is 6.32. The molecule has 0 spiro atoms. The molecule has 1 nitrogen and oxygen atoms in total. The third kappa shape index (κ3) is 3.82. The van der Waals surface area contributed by atoms with Crippen LogP contribution < -0.4 is 0 Å². The molecule has 1 saturated heterocycles. The molecule has 0 aromatic carbocycles. The van der Waals surface area contributed by atoms with Gasteiger partial charge in [-0.05, 0) is 26.2 Å². The summed E-state index contributed by atoms with van der Waals surface area (Å²) in [5.41, 5.74) is 0. The minimum absolute atomic E-state index is 0.0803. The van der Waals surface area contributed by atoms with Gasteiger partial charge in [-0.3, -0.25) is 0 Å². The third-order valence-corrected chi connectivity index (χ3v) is 4.35. The van der Waals surface area contributed by atoms with Gasteiger partial charge in [-0.15, -0.1) is 11.8 Å². The van der Waals surface area contributed by atoms with Gasteiger partial charge in [0.05, 0.1) is 0 Å². The molecule has 84 valence electrons. The Bertz CT molecular complexity index is 179. The quantitative estimate of drug-likeness (QED) is 0.651. The van der Waals surface area contributed by atoms with Crippen LogP contribution in [0.25, 0.3) is 0 Å². The van der Waals surface area contributed by atoms with Crippen molar-refractivity contribution in [2.24, 2.45) is 0 Å². The summed E-state index contributed by atoms with van der Waals surface area (Å²) in [5.74, 6) is 0. The summed E-state index contributed by atoms with van der Waals surface area (Å²) in [7, 11) is 0. The monoisotopic (exact) mass is 216 g/mol. The second-order valence-electron chi connectivity index (χ2n) is 5.05. The zero-order chi connectivity index (χ0) is 10.7. The highest BCUT2D eigenvalue weighted by atomic mass is 32.2. The first-order chi connectivity index (χ1) is 6.47. The molecule has 1 atom stereocenters. The van der Waals surface area contributed by atoms with Crippen LogP contribution in [-0.2, 0) is 4.74 Å². The van der Waals surface area contributed by atoms with Crippen LogP contribution >= 0.6 is 11.8 Å². The van der Waals surface area contributed by atoms with Crippen molar-refractivity contribution in [2.45, 2.75) is 69.5 Å². The van der Waals surface area contributed by atoms with E-state index in [4.69, 9.17) is 4.74 Å². The highest BCUT2D eigenvalue weighted by molar-refractivity contribution is 8.01. The molecular weight excluding hydrogens is 192 g/mol. The van der Waals surface area contributed by atoms with Crippen LogP contribution in [0.5, 0.6) is 0 Å². The summed E-state index contributed by atoms with van der Waals surface area (Å²) < 4.78 is 6.31. The second-order valence-corrected chi connectivity index (χ2v) is 7.22. The maximum absolute atomic E-state index is 5.91. The zero-order valence-corrected chi connectivity index (χ0v) is 10.9. The molecule has 0 bridgehead atoms. The molecule has 1 unspecified atom stereocenters. The normalized spacial score (nSPS) is 31.7. The molecule has 0 aromatic rings. The maximum atomic E-state index is 5.91. The molecule has 0 N–H and O–H groups in total. The molecule has 0 saturated carbocycles. The van der Waals surface area contributed by atoms with Gasteiger partial charge in [0.2, 0.25) is 0 Å². The molecule has 1 aliphatic rings. The largest absolute Gasteiger partial charge is 0.365 e. The topological polar surface area (TPSA) is 9.23 Å². The Labute approximate surface area is 93.0 Å². The number of ether oxygens (including phenoxy) is 1. The van der Waals surface area contributed by atoms with Gasteiger partial charge in [0.1, 0.15) is 4.93 Å². The lowest BCUT2D eigenvalue weighted by atomic mass is 10.1. The van der Waals surface area contributed by atoms with Crippen molar-refractivity contribution in [3.8, 4) is 0 Å². The Morgan fingerprint density at radius 1 is 1.21 bits per heavy atom. The summed E-state index contributed by atoms with van der Waals surface area (Å²) in [5, 5.41) is 0. The molecule has 1 aliphatic heterocycles. The fourth-order valence-corrected chi connectivity index (χ4v) is 3.74. The minimum Gasteiger partial charge on any atom is -0.365 e. The first-order valence-corrected chi connectivity index (χ1v) is 6.63. The fourth-order valence-electron chi connectivity index (χ4n) is 2.00. The van der Waals surface area contributed by atoms with Crippen LogP contribution in [0.3, 0.4) is 0 Å². The predicted octanol–water partition coefficient (Wildman–Crippen LogP) is 4.22. The average Bonchev–Trinajstić information content (AvgIpc) is 2.01. The molecular formula is C12H24OS. The Kier molecular flexibility index (Phi) is 4.32. The first kappa shape index (κ1) is 12.4. The second kappa shape index (κ2) is 4.89. The van der Waals surface area contributed by atoms with Crippen molar-refractivity contribution >= 4 is 11.8 Å². The number of unbranched alkanes of at least 4 members (excludes halogenated alkanes) is 2. The standard InChI is InChI=1S/C12H24OS/c1-5-6-7-8-12(4)13-10-9-11(2,3)14-12/h5-10H2,1-4H3. The van der Waals surface area contributed by atoms with E-state index in [1.54, 1.807) is 0 Å². The minimum atomic E-state index is 0.0803. The Hall–Kier alpha value is 0.310. The van der Waals surface area contributed by atoms with Crippen LogP contribution in [0.15, 0.2) is 0 Å². The lowest BCUT2D eigenvalue weighted by molar-refractivity contribution is 0.0149. The van der Waals surface area contributed by atoms with Crippen LogP contribution in [0.2, 0.25) is 0 Å². The lowest BCUT2D eigenvalue weighted by Crippen LogP contribution is -2.38. The van der Waals surface area contributed by atoms with E-state index in [9.17, 15) is 0 Å². The van der Waals surface area contributed by atoms with Crippen molar-refractivity contribution in [1.29, 1.82) is 0 Å². The van der Waals surface area contributed by atoms with Gasteiger partial charge in [0.25, 0.3) is 0 Å². The van der Waals surface area contributed by atoms with Crippen molar-refractivity contribution < 1.29 is 4.74 Å². The van der Waals surface area contributed by atoms with Crippen molar-refractivity contribution in [3.05, 3.63) is 0 Å². The van der Waals surface area contributed by atoms with E-state index in [2.05, 4.69) is 27.7 Å². The Balaban J connectivity index is 2.39. The van der Waals surface area contributed by atoms with Gasteiger partial charge < -0.3 is 4.74 Å². The van der Waals surface area contributed by atoms with Gasteiger partial charge in [0, 0.05) is 11.4 Å². The van der Waals surface area contributed by atoms with Gasteiger partial charge in [0.15, 0.2) is 0 Å². The van der Waals surface area contributed by atoms with Gasteiger partial charge in [-0.1, -0.05) is 33.6 Å². The van der Waals surface area contributed by atoms with E-state index >= 15 is 0 Å². The Morgan fingerprint density at radius 3 is 2.50 bits per heavy atom. The zero-order valence-electron chi connectivity index (χ0n) is 10.1. The maximum Gasteiger partial charge on any atom is 0.111 e. The van der Waals surface area contributed by atoms with Crippen LogP contribution in [-0.4, -0.2) is 16.3 Å². The molecule has 14 heavy (non-hydrogen) atoms. The molecule has 0 aromatic heterocycles. The van der Waals surface area contributed by atoms with E-state index in [1.165, 1.54) is 32.1 Å². The van der Waals surface area contributed by atoms with E-state index in [-0.39, 0.29) is 4.93 Å². The molecule has 2 heteroatoms. The summed E-state index contributed by atoms with van der Waals surface area (Å²) >= 11 is 2.02. The molecule has 1 rings (SSSR count). The van der Waals surface area contributed by atoms with Crippen LogP contribution in [0.1, 0.15) is 59.8 Å². The van der Waals surface area contributed by atoms with E-state index in [0.29, 0.717) is 4.75 Å². The van der Waals surface area contributed by atoms with Gasteiger partial charge in [-0.25, -0.2) is 0 Å². The van der Waals surface area contributed by atoms with E-state index < -0.39 is 0 Å². The highest BCUT2D eigenvalue weighted by Gasteiger charge is 2.37. The number of thioether (sulfide) groups is 1. The molecule has 1 heterocycles. The fraction of sp³-hybridized carbons (Fsp3) is 1.00. The lowest BCUT2D eigenvalue weighted by Gasteiger charge is -2.42. The number of hydrogen-bond acceptors (Lipinski definition) is 2. The summed E-state index contributed by atoms with van der Waals surface area (Å²) in [6.45, 7) is 10.1. The smallest absolute Gasteiger partial charge is 0.111 e. The van der Waals surface area contributed by atoms with Gasteiger partial charge in [-0.2, -0.15) is 0 Å². The third-order valence-electron chi connectivity index (χ3n) is 2.84. The molecule has 0 aliphatic carbocycles. The molecule has 0 radical (unpaired) electrons. The van der Waals surface area contributed by atoms with Crippen molar-refractivity contribution in [3.63, 3.8) is 0 Å². The van der Waals surface area contributed by atoms with Crippen molar-refractivity contribution in [2.75, 3.05) is 6.61 Å². The predicted molar refractivity (Wildman–Crippen MR) is 64.8 cm³/mol. The highest BCUT2D eigenvalue weighted by Crippen LogP contribution is 2.46. The van der Waals surface area contributed by atoms with Crippen LogP contribution in [0, 0.1) is 0 Å². The molecule has 1 fully saturated rings. The first-order valence-electron chi connectivity index (χ1n) is 5.82. The Morgan fingerprint density at radius 2 is 1.93 bits per heavy atom.